The third-order valence-electron chi connectivity index (χ3n) is 6.04. The average Bonchev–Trinajstić information content (AvgIpc) is 3.25. The van der Waals surface area contributed by atoms with E-state index in [1.54, 1.807) is 10.6 Å². The zero-order chi connectivity index (χ0) is 24.2. The first-order valence-corrected chi connectivity index (χ1v) is 11.7. The molecule has 34 heavy (non-hydrogen) atoms. The van der Waals surface area contributed by atoms with Gasteiger partial charge in [-0.15, -0.1) is 0 Å². The molecule has 0 aliphatic carbocycles. The fraction of sp³-hybridized carbons (Fsp3) is 0.385. The highest BCUT2D eigenvalue weighted by atomic mass is 16.5. The molecule has 0 unspecified atom stereocenters. The van der Waals surface area contributed by atoms with Gasteiger partial charge in [0.2, 0.25) is 0 Å². The summed E-state index contributed by atoms with van der Waals surface area (Å²) < 4.78 is 7.18. The normalized spacial score (nSPS) is 14.5. The van der Waals surface area contributed by atoms with Gasteiger partial charge in [-0.25, -0.2) is 4.98 Å². The SMILES string of the molecule is CCNC(=O)c1cnc(-c2cc(C(C)C)c(O)cc2O)n1-c1ccc(CN2CCOCC2)cc1. The lowest BCUT2D eigenvalue weighted by molar-refractivity contribution is 0.0342. The van der Waals surface area contributed by atoms with E-state index in [0.29, 0.717) is 29.2 Å². The van der Waals surface area contributed by atoms with Crippen LogP contribution in [0.1, 0.15) is 48.3 Å². The van der Waals surface area contributed by atoms with Crippen LogP contribution in [0.25, 0.3) is 17.1 Å². The highest BCUT2D eigenvalue weighted by molar-refractivity contribution is 5.94. The van der Waals surface area contributed by atoms with E-state index in [1.165, 1.54) is 17.8 Å². The van der Waals surface area contributed by atoms with E-state index >= 15 is 0 Å². The fourth-order valence-corrected chi connectivity index (χ4v) is 4.22. The van der Waals surface area contributed by atoms with Gasteiger partial charge < -0.3 is 20.3 Å². The second-order valence-electron chi connectivity index (χ2n) is 8.80. The number of carbonyl (C=O) groups is 1. The Hall–Kier alpha value is -3.36. The Kier molecular flexibility index (Phi) is 7.19. The van der Waals surface area contributed by atoms with Crippen LogP contribution < -0.4 is 5.32 Å². The van der Waals surface area contributed by atoms with E-state index in [4.69, 9.17) is 4.74 Å². The molecule has 8 nitrogen and oxygen atoms in total. The number of amides is 1. The standard InChI is InChI=1S/C26H32N4O4/c1-4-27-26(33)22-15-28-25(21-13-20(17(2)3)23(31)14-24(21)32)30(22)19-7-5-18(6-8-19)16-29-9-11-34-12-10-29/h5-8,13-15,17,31-32H,4,9-12,16H2,1-3H3,(H,27,33). The number of benzene rings is 2. The van der Waals surface area contributed by atoms with Crippen molar-refractivity contribution in [1.29, 1.82) is 0 Å². The number of hydrogen-bond donors (Lipinski definition) is 3. The Labute approximate surface area is 199 Å². The van der Waals surface area contributed by atoms with Gasteiger partial charge in [0.05, 0.1) is 25.0 Å². The van der Waals surface area contributed by atoms with Crippen LogP contribution in [0.4, 0.5) is 0 Å². The first kappa shape index (κ1) is 23.8. The van der Waals surface area contributed by atoms with Gasteiger partial charge in [0.25, 0.3) is 5.91 Å². The van der Waals surface area contributed by atoms with E-state index in [0.717, 1.165) is 38.5 Å². The largest absolute Gasteiger partial charge is 0.508 e. The molecule has 0 atom stereocenters. The van der Waals surface area contributed by atoms with Gasteiger partial charge in [-0.1, -0.05) is 26.0 Å². The predicted octanol–water partition coefficient (Wildman–Crippen LogP) is 3.66. The molecule has 1 amide bonds. The van der Waals surface area contributed by atoms with E-state index in [-0.39, 0.29) is 23.3 Å². The molecule has 3 N–H and O–H groups in total. The van der Waals surface area contributed by atoms with Crippen molar-refractivity contribution in [2.75, 3.05) is 32.8 Å². The van der Waals surface area contributed by atoms with Crippen LogP contribution in [0.3, 0.4) is 0 Å². The Morgan fingerprint density at radius 3 is 2.47 bits per heavy atom. The maximum Gasteiger partial charge on any atom is 0.269 e. The summed E-state index contributed by atoms with van der Waals surface area (Å²) >= 11 is 0. The van der Waals surface area contributed by atoms with Crippen LogP contribution in [0.2, 0.25) is 0 Å². The molecule has 0 radical (unpaired) electrons. The lowest BCUT2D eigenvalue weighted by Crippen LogP contribution is -2.35. The molecule has 0 bridgehead atoms. The minimum atomic E-state index is -0.249. The summed E-state index contributed by atoms with van der Waals surface area (Å²) in [5.74, 6) is 0.165. The molecule has 0 saturated carbocycles. The second-order valence-corrected chi connectivity index (χ2v) is 8.80. The third kappa shape index (κ3) is 4.93. The van der Waals surface area contributed by atoms with Crippen LogP contribution in [0, 0.1) is 0 Å². The summed E-state index contributed by atoms with van der Waals surface area (Å²) in [6, 6.07) is 11.1. The van der Waals surface area contributed by atoms with Crippen molar-refractivity contribution >= 4 is 5.91 Å². The molecule has 2 aromatic carbocycles. The molecule has 180 valence electrons. The van der Waals surface area contributed by atoms with Gasteiger partial charge in [-0.05, 0) is 42.2 Å². The van der Waals surface area contributed by atoms with Crippen LogP contribution in [0.15, 0.2) is 42.6 Å². The quantitative estimate of drug-likeness (QED) is 0.494. The van der Waals surface area contributed by atoms with Crippen LogP contribution in [0.5, 0.6) is 11.5 Å². The predicted molar refractivity (Wildman–Crippen MR) is 131 cm³/mol. The number of phenols is 2. The monoisotopic (exact) mass is 464 g/mol. The lowest BCUT2D eigenvalue weighted by Gasteiger charge is -2.26. The molecule has 3 aromatic rings. The summed E-state index contributed by atoms with van der Waals surface area (Å²) in [4.78, 5) is 19.7. The Morgan fingerprint density at radius 1 is 1.12 bits per heavy atom. The van der Waals surface area contributed by atoms with Gasteiger partial charge >= 0.3 is 0 Å². The van der Waals surface area contributed by atoms with Crippen molar-refractivity contribution in [1.82, 2.24) is 19.8 Å². The Balaban J connectivity index is 1.76. The van der Waals surface area contributed by atoms with Gasteiger partial charge in [-0.2, -0.15) is 0 Å². The van der Waals surface area contributed by atoms with Gasteiger partial charge in [0.15, 0.2) is 0 Å². The molecule has 1 fully saturated rings. The number of aromatic nitrogens is 2. The van der Waals surface area contributed by atoms with Crippen molar-refractivity contribution in [3.8, 4) is 28.6 Å². The van der Waals surface area contributed by atoms with E-state index < -0.39 is 0 Å². The van der Waals surface area contributed by atoms with Gasteiger partial charge in [0.1, 0.15) is 23.0 Å². The maximum absolute atomic E-state index is 12.8. The van der Waals surface area contributed by atoms with E-state index in [9.17, 15) is 15.0 Å². The summed E-state index contributed by atoms with van der Waals surface area (Å²) in [6.07, 6.45) is 1.52. The molecule has 0 spiro atoms. The van der Waals surface area contributed by atoms with Crippen molar-refractivity contribution in [3.63, 3.8) is 0 Å². The summed E-state index contributed by atoms with van der Waals surface area (Å²) in [6.45, 7) is 10.4. The number of hydrogen-bond acceptors (Lipinski definition) is 6. The number of nitrogens with zero attached hydrogens (tertiary/aromatic N) is 3. The number of carbonyl (C=O) groups excluding carboxylic acids is 1. The number of morpholine rings is 1. The van der Waals surface area contributed by atoms with Crippen LogP contribution >= 0.6 is 0 Å². The van der Waals surface area contributed by atoms with Crippen molar-refractivity contribution < 1.29 is 19.7 Å². The molecule has 1 aliphatic rings. The molecule has 2 heterocycles. The van der Waals surface area contributed by atoms with E-state index in [1.807, 2.05) is 45.0 Å². The fourth-order valence-electron chi connectivity index (χ4n) is 4.22. The number of imidazole rings is 1. The van der Waals surface area contributed by atoms with Crippen LogP contribution in [-0.2, 0) is 11.3 Å². The topological polar surface area (TPSA) is 99.8 Å². The van der Waals surface area contributed by atoms with Crippen LogP contribution in [-0.4, -0.2) is 63.4 Å². The number of aromatic hydroxyl groups is 2. The lowest BCUT2D eigenvalue weighted by atomic mass is 9.98. The molecule has 1 saturated heterocycles. The molecular weight excluding hydrogens is 432 g/mol. The number of ether oxygens (including phenoxy) is 1. The zero-order valence-corrected chi connectivity index (χ0v) is 19.9. The molecule has 4 rings (SSSR count). The summed E-state index contributed by atoms with van der Waals surface area (Å²) in [7, 11) is 0. The first-order chi connectivity index (χ1) is 16.4. The number of nitrogens with one attached hydrogen (secondary N) is 1. The zero-order valence-electron chi connectivity index (χ0n) is 19.9. The first-order valence-electron chi connectivity index (χ1n) is 11.7. The number of phenolic OH excluding ortho intramolecular Hbond substituents is 2. The minimum Gasteiger partial charge on any atom is -0.508 e. The highest BCUT2D eigenvalue weighted by Gasteiger charge is 2.22. The van der Waals surface area contributed by atoms with Gasteiger partial charge in [0, 0.05) is 37.9 Å². The molecule has 1 aliphatic heterocycles. The molecule has 1 aromatic heterocycles. The van der Waals surface area contributed by atoms with Gasteiger partial charge in [-0.3, -0.25) is 14.3 Å². The highest BCUT2D eigenvalue weighted by Crippen LogP contribution is 2.38. The van der Waals surface area contributed by atoms with Crippen molar-refractivity contribution in [3.05, 3.63) is 59.4 Å². The molecular formula is C26H32N4O4. The second kappa shape index (κ2) is 10.3. The average molecular weight is 465 g/mol. The van der Waals surface area contributed by atoms with Crippen molar-refractivity contribution in [2.24, 2.45) is 0 Å². The van der Waals surface area contributed by atoms with E-state index in [2.05, 4.69) is 15.2 Å². The molecule has 8 heteroatoms. The smallest absolute Gasteiger partial charge is 0.269 e. The Morgan fingerprint density at radius 2 is 1.82 bits per heavy atom. The number of rotatable bonds is 7. The Bertz CT molecular complexity index is 1150. The van der Waals surface area contributed by atoms with Crippen molar-refractivity contribution in [2.45, 2.75) is 33.2 Å². The summed E-state index contributed by atoms with van der Waals surface area (Å²) in [5, 5.41) is 23.8. The maximum atomic E-state index is 12.8. The summed E-state index contributed by atoms with van der Waals surface area (Å²) in [5.41, 5.74) is 3.45. The minimum absolute atomic E-state index is 0.0331. The third-order valence-corrected chi connectivity index (χ3v) is 6.04.